The quantitative estimate of drug-likeness (QED) is 0.0552. The maximum atomic E-state index is 10.2. The first-order valence-electron chi connectivity index (χ1n) is 17.9. The van der Waals surface area contributed by atoms with E-state index in [1.54, 1.807) is 0 Å². The molecule has 0 rings (SSSR count). The third kappa shape index (κ3) is 49.5. The number of carbonyl (C=O) groups is 2. The number of carbonyl (C=O) groups excluding carboxylic acids is 2. The summed E-state index contributed by atoms with van der Waals surface area (Å²) in [7, 11) is 0. The van der Waals surface area contributed by atoms with Crippen LogP contribution in [0.2, 0.25) is 0 Å². The van der Waals surface area contributed by atoms with Crippen LogP contribution in [0, 0.1) is 0 Å². The van der Waals surface area contributed by atoms with Gasteiger partial charge in [-0.3, -0.25) is 0 Å². The molecule has 0 saturated heterocycles. The van der Waals surface area contributed by atoms with Crippen molar-refractivity contribution in [1.82, 2.24) is 0 Å². The average molecular weight is 623 g/mol. The van der Waals surface area contributed by atoms with Crippen LogP contribution in [0.25, 0.3) is 0 Å². The van der Waals surface area contributed by atoms with Gasteiger partial charge >= 0.3 is 17.1 Å². The molecule has 0 aromatic carbocycles. The van der Waals surface area contributed by atoms with Gasteiger partial charge in [0.05, 0.1) is 0 Å². The molecule has 0 bridgehead atoms. The Labute approximate surface area is 267 Å². The van der Waals surface area contributed by atoms with Crippen molar-refractivity contribution in [2.24, 2.45) is 0 Å². The minimum atomic E-state index is -0.903. The van der Waals surface area contributed by atoms with Gasteiger partial charge in [-0.05, 0) is 25.7 Å². The van der Waals surface area contributed by atoms with Crippen molar-refractivity contribution >= 4 is 11.9 Å². The molecule has 0 radical (unpaired) electrons. The number of rotatable bonds is 32. The Bertz CT molecular complexity index is 454. The molecule has 5 heteroatoms. The Morgan fingerprint density at radius 2 is 0.463 bits per heavy atom. The van der Waals surface area contributed by atoms with E-state index in [-0.39, 0.29) is 29.9 Å². The van der Waals surface area contributed by atoms with E-state index in [9.17, 15) is 19.8 Å². The zero-order chi connectivity index (χ0) is 29.8. The molecule has 0 amide bonds. The van der Waals surface area contributed by atoms with E-state index >= 15 is 0 Å². The van der Waals surface area contributed by atoms with Gasteiger partial charge in [-0.1, -0.05) is 194 Å². The van der Waals surface area contributed by atoms with Crippen LogP contribution in [-0.2, 0) is 26.7 Å². The van der Waals surface area contributed by atoms with E-state index < -0.39 is 11.9 Å². The van der Waals surface area contributed by atoms with E-state index in [0.717, 1.165) is 25.7 Å². The molecule has 0 aliphatic carbocycles. The fraction of sp³-hybridized carbons (Fsp3) is 0.944. The molecule has 0 atom stereocenters. The van der Waals surface area contributed by atoms with Gasteiger partial charge in [0.15, 0.2) is 0 Å². The summed E-state index contributed by atoms with van der Waals surface area (Å²) in [5.74, 6) is -1.81. The number of unbranched alkanes of at least 4 members (excludes halogenated alkanes) is 28. The van der Waals surface area contributed by atoms with Crippen molar-refractivity contribution < 1.29 is 36.9 Å². The fourth-order valence-electron chi connectivity index (χ4n) is 5.28. The number of hydrogen-bond acceptors (Lipinski definition) is 4. The van der Waals surface area contributed by atoms with Crippen molar-refractivity contribution in [1.29, 1.82) is 0 Å². The molecule has 0 aromatic rings. The van der Waals surface area contributed by atoms with Crippen LogP contribution in [0.4, 0.5) is 0 Å². The van der Waals surface area contributed by atoms with Gasteiger partial charge in [0, 0.05) is 11.9 Å². The maximum Gasteiger partial charge on any atom is 2.00 e. The van der Waals surface area contributed by atoms with Crippen molar-refractivity contribution in [2.45, 2.75) is 219 Å². The number of aliphatic carboxylic acids is 2. The largest absolute Gasteiger partial charge is 2.00 e. The predicted molar refractivity (Wildman–Crippen MR) is 169 cm³/mol. The second kappa shape index (κ2) is 41.6. The van der Waals surface area contributed by atoms with Crippen LogP contribution in [0.5, 0.6) is 0 Å². The Morgan fingerprint density at radius 1 is 0.317 bits per heavy atom. The van der Waals surface area contributed by atoms with E-state index in [1.807, 2.05) is 0 Å². The summed E-state index contributed by atoms with van der Waals surface area (Å²) in [6.07, 6.45) is 39.7. The van der Waals surface area contributed by atoms with E-state index in [2.05, 4.69) is 13.8 Å². The molecular formula is C36H70FeO4. The van der Waals surface area contributed by atoms with Gasteiger partial charge in [-0.25, -0.2) is 0 Å². The normalized spacial score (nSPS) is 10.6. The fourth-order valence-corrected chi connectivity index (χ4v) is 5.28. The smallest absolute Gasteiger partial charge is 0.550 e. The average Bonchev–Trinajstić information content (AvgIpc) is 2.93. The minimum Gasteiger partial charge on any atom is -0.550 e. The van der Waals surface area contributed by atoms with Gasteiger partial charge in [-0.2, -0.15) is 0 Å². The second-order valence-electron chi connectivity index (χ2n) is 12.1. The molecule has 0 unspecified atom stereocenters. The first kappa shape index (κ1) is 44.9. The second-order valence-corrected chi connectivity index (χ2v) is 12.1. The maximum absolute atomic E-state index is 10.2. The van der Waals surface area contributed by atoms with Crippen LogP contribution < -0.4 is 10.2 Å². The molecule has 0 saturated carbocycles. The molecule has 4 nitrogen and oxygen atoms in total. The molecule has 0 aliphatic heterocycles. The molecule has 0 aromatic heterocycles. The predicted octanol–water partition coefficient (Wildman–Crippen LogP) is 9.99. The van der Waals surface area contributed by atoms with Crippen LogP contribution >= 0.6 is 0 Å². The number of carboxylic acids is 2. The Hall–Kier alpha value is -0.541. The van der Waals surface area contributed by atoms with Crippen molar-refractivity contribution in [3.05, 3.63) is 0 Å². The molecule has 0 N–H and O–H groups in total. The molecular weight excluding hydrogens is 552 g/mol. The first-order chi connectivity index (χ1) is 19.5. The Kier molecular flexibility index (Phi) is 45.5. The zero-order valence-corrected chi connectivity index (χ0v) is 28.7. The van der Waals surface area contributed by atoms with Gasteiger partial charge < -0.3 is 19.8 Å². The summed E-state index contributed by atoms with van der Waals surface area (Å²) in [6, 6.07) is 0. The standard InChI is InChI=1S/2C18H36O2.Fe/c2*1-2-3-4-5-6-7-8-9-10-11-12-13-14-15-16-17-18(19)20;/h2*2-17H2,1H3,(H,19,20);/q;;+2/p-2. The van der Waals surface area contributed by atoms with Gasteiger partial charge in [-0.15, -0.1) is 0 Å². The molecule has 41 heavy (non-hydrogen) atoms. The molecule has 0 heterocycles. The van der Waals surface area contributed by atoms with Gasteiger partial charge in [0.25, 0.3) is 0 Å². The van der Waals surface area contributed by atoms with Crippen molar-refractivity contribution in [3.63, 3.8) is 0 Å². The Morgan fingerprint density at radius 3 is 0.610 bits per heavy atom. The minimum absolute atomic E-state index is 0. The number of carboxylic acid groups (broad SMARTS) is 2. The summed E-state index contributed by atoms with van der Waals surface area (Å²) in [6.45, 7) is 4.53. The van der Waals surface area contributed by atoms with Crippen molar-refractivity contribution in [2.75, 3.05) is 0 Å². The van der Waals surface area contributed by atoms with Crippen LogP contribution in [0.1, 0.15) is 219 Å². The number of hydrogen-bond donors (Lipinski definition) is 0. The van der Waals surface area contributed by atoms with Crippen LogP contribution in [-0.4, -0.2) is 11.9 Å². The molecule has 0 fully saturated rings. The van der Waals surface area contributed by atoms with Crippen LogP contribution in [0.3, 0.4) is 0 Å². The molecule has 0 aliphatic rings. The summed E-state index contributed by atoms with van der Waals surface area (Å²) in [5, 5.41) is 20.4. The molecule has 0 spiro atoms. The van der Waals surface area contributed by atoms with Gasteiger partial charge in [0.2, 0.25) is 0 Å². The zero-order valence-electron chi connectivity index (χ0n) is 27.6. The van der Waals surface area contributed by atoms with E-state index in [0.29, 0.717) is 0 Å². The summed E-state index contributed by atoms with van der Waals surface area (Å²) in [5.41, 5.74) is 0. The van der Waals surface area contributed by atoms with Crippen LogP contribution in [0.15, 0.2) is 0 Å². The third-order valence-electron chi connectivity index (χ3n) is 7.97. The topological polar surface area (TPSA) is 80.3 Å². The third-order valence-corrected chi connectivity index (χ3v) is 7.97. The summed E-state index contributed by atoms with van der Waals surface area (Å²) in [4.78, 5) is 20.4. The first-order valence-corrected chi connectivity index (χ1v) is 17.9. The monoisotopic (exact) mass is 622 g/mol. The van der Waals surface area contributed by atoms with Gasteiger partial charge in [0.1, 0.15) is 0 Å². The summed E-state index contributed by atoms with van der Waals surface area (Å²) >= 11 is 0. The molecule has 246 valence electrons. The summed E-state index contributed by atoms with van der Waals surface area (Å²) < 4.78 is 0. The SMILES string of the molecule is CCCCCCCCCCCCCCCCCC(=O)[O-].CCCCCCCCCCCCCCCCCC(=O)[O-].[Fe+2]. The van der Waals surface area contributed by atoms with Crippen molar-refractivity contribution in [3.8, 4) is 0 Å². The van der Waals surface area contributed by atoms with E-state index in [4.69, 9.17) is 0 Å². The van der Waals surface area contributed by atoms with E-state index in [1.165, 1.54) is 167 Å². The Balaban J connectivity index is -0.000000688.